The molecule has 1 atom stereocenters. The number of urea groups is 1. The minimum atomic E-state index is -0.550. The lowest BCUT2D eigenvalue weighted by molar-refractivity contribution is -0.126. The van der Waals surface area contributed by atoms with E-state index in [1.54, 1.807) is 12.1 Å². The Morgan fingerprint density at radius 2 is 1.95 bits per heavy atom. The summed E-state index contributed by atoms with van der Waals surface area (Å²) >= 11 is 0. The van der Waals surface area contributed by atoms with Crippen LogP contribution in [0.4, 0.5) is 4.79 Å². The van der Waals surface area contributed by atoms with E-state index in [-0.39, 0.29) is 37.4 Å². The highest BCUT2D eigenvalue weighted by Crippen LogP contribution is 2.32. The molecule has 1 aromatic rings. The molecule has 21 heavy (non-hydrogen) atoms. The van der Waals surface area contributed by atoms with Crippen molar-refractivity contribution in [3.8, 4) is 5.75 Å². The third-order valence-electron chi connectivity index (χ3n) is 3.62. The zero-order chi connectivity index (χ0) is 15.0. The number of amides is 3. The van der Waals surface area contributed by atoms with Gasteiger partial charge in [-0.15, -0.1) is 0 Å². The van der Waals surface area contributed by atoms with E-state index < -0.39 is 6.04 Å². The van der Waals surface area contributed by atoms with Gasteiger partial charge in [0.05, 0.1) is 30.5 Å². The first-order valence-electron chi connectivity index (χ1n) is 6.60. The van der Waals surface area contributed by atoms with Gasteiger partial charge in [0.15, 0.2) is 0 Å². The van der Waals surface area contributed by atoms with Gasteiger partial charge in [-0.05, 0) is 17.7 Å². The Bertz CT molecular complexity index is 624. The molecule has 7 heteroatoms. The first-order chi connectivity index (χ1) is 10.1. The van der Waals surface area contributed by atoms with E-state index in [1.807, 2.05) is 0 Å². The number of phenolic OH excluding ortho intramolecular Hbond substituents is 1. The third-order valence-corrected chi connectivity index (χ3v) is 3.62. The van der Waals surface area contributed by atoms with Crippen molar-refractivity contribution in [2.45, 2.75) is 6.04 Å². The Morgan fingerprint density at radius 1 is 1.24 bits per heavy atom. The van der Waals surface area contributed by atoms with Crippen molar-refractivity contribution < 1.29 is 19.8 Å². The summed E-state index contributed by atoms with van der Waals surface area (Å²) in [4.78, 5) is 25.6. The van der Waals surface area contributed by atoms with Crippen molar-refractivity contribution in [1.29, 1.82) is 0 Å². The van der Waals surface area contributed by atoms with Crippen LogP contribution in [0.5, 0.6) is 5.75 Å². The summed E-state index contributed by atoms with van der Waals surface area (Å²) in [5.41, 5.74) is 1.76. The number of carbonyl (C=O) groups excluding carboxylic acids is 2. The van der Waals surface area contributed by atoms with Crippen LogP contribution in [0.15, 0.2) is 35.5 Å². The zero-order valence-corrected chi connectivity index (χ0v) is 11.2. The Morgan fingerprint density at radius 3 is 2.62 bits per heavy atom. The molecule has 0 bridgehead atoms. The van der Waals surface area contributed by atoms with E-state index in [1.165, 1.54) is 17.0 Å². The predicted molar refractivity (Wildman–Crippen MR) is 73.2 cm³/mol. The van der Waals surface area contributed by atoms with Gasteiger partial charge in [0.25, 0.3) is 5.91 Å². The number of rotatable bonds is 3. The highest BCUT2D eigenvalue weighted by molar-refractivity contribution is 6.01. The average molecular weight is 289 g/mol. The third kappa shape index (κ3) is 2.31. The number of aliphatic hydroxyl groups excluding tert-OH is 1. The Hall–Kier alpha value is -2.54. The summed E-state index contributed by atoms with van der Waals surface area (Å²) in [6.45, 7) is 0.387. The van der Waals surface area contributed by atoms with E-state index in [2.05, 4.69) is 10.6 Å². The summed E-state index contributed by atoms with van der Waals surface area (Å²) in [7, 11) is 0. The summed E-state index contributed by atoms with van der Waals surface area (Å²) < 4.78 is 0. The minimum absolute atomic E-state index is 0.118. The number of benzene rings is 1. The molecule has 0 saturated carbocycles. The van der Waals surface area contributed by atoms with E-state index >= 15 is 0 Å². The van der Waals surface area contributed by atoms with Gasteiger partial charge in [-0.3, -0.25) is 4.79 Å². The van der Waals surface area contributed by atoms with E-state index in [0.29, 0.717) is 16.8 Å². The molecule has 3 amide bonds. The van der Waals surface area contributed by atoms with Crippen molar-refractivity contribution in [1.82, 2.24) is 15.5 Å². The fourth-order valence-electron chi connectivity index (χ4n) is 2.65. The molecular weight excluding hydrogens is 274 g/mol. The molecule has 2 aliphatic heterocycles. The van der Waals surface area contributed by atoms with Gasteiger partial charge in [-0.1, -0.05) is 12.1 Å². The number of hydrogen-bond donors (Lipinski definition) is 4. The van der Waals surface area contributed by atoms with Crippen LogP contribution in [-0.2, 0) is 4.79 Å². The van der Waals surface area contributed by atoms with E-state index in [9.17, 15) is 14.7 Å². The molecule has 3 rings (SSSR count). The highest BCUT2D eigenvalue weighted by Gasteiger charge is 2.39. The number of hydrogen-bond acceptors (Lipinski definition) is 4. The number of nitrogens with zero attached hydrogens (tertiary/aromatic N) is 1. The maximum atomic E-state index is 12.4. The second kappa shape index (κ2) is 5.10. The zero-order valence-electron chi connectivity index (χ0n) is 11.2. The van der Waals surface area contributed by atoms with Gasteiger partial charge >= 0.3 is 6.03 Å². The lowest BCUT2D eigenvalue weighted by Gasteiger charge is -2.25. The predicted octanol–water partition coefficient (Wildman–Crippen LogP) is -0.165. The van der Waals surface area contributed by atoms with Crippen molar-refractivity contribution in [2.75, 3.05) is 19.7 Å². The highest BCUT2D eigenvalue weighted by atomic mass is 16.3. The first kappa shape index (κ1) is 13.4. The summed E-state index contributed by atoms with van der Waals surface area (Å²) in [5, 5.41) is 23.7. The molecular formula is C14H15N3O4. The molecule has 0 saturated heterocycles. The van der Waals surface area contributed by atoms with Crippen LogP contribution >= 0.6 is 0 Å². The fraction of sp³-hybridized carbons (Fsp3) is 0.286. The molecule has 0 unspecified atom stereocenters. The molecule has 110 valence electrons. The largest absolute Gasteiger partial charge is 0.508 e. The van der Waals surface area contributed by atoms with Crippen LogP contribution < -0.4 is 10.6 Å². The first-order valence-corrected chi connectivity index (χ1v) is 6.60. The van der Waals surface area contributed by atoms with Crippen LogP contribution in [0.3, 0.4) is 0 Å². The van der Waals surface area contributed by atoms with Crippen LogP contribution in [0.2, 0.25) is 0 Å². The normalized spacial score (nSPS) is 21.2. The van der Waals surface area contributed by atoms with Crippen molar-refractivity contribution >= 4 is 11.9 Å². The lowest BCUT2D eigenvalue weighted by Crippen LogP contribution is -2.44. The van der Waals surface area contributed by atoms with Gasteiger partial charge in [0.2, 0.25) is 0 Å². The molecule has 2 heterocycles. The number of aliphatic hydroxyl groups is 1. The van der Waals surface area contributed by atoms with Crippen LogP contribution in [-0.4, -0.2) is 46.7 Å². The summed E-state index contributed by atoms with van der Waals surface area (Å²) in [6.07, 6.45) is 0. The molecule has 7 nitrogen and oxygen atoms in total. The molecule has 1 aromatic carbocycles. The van der Waals surface area contributed by atoms with Gasteiger partial charge in [-0.25, -0.2) is 4.79 Å². The van der Waals surface area contributed by atoms with E-state index in [0.717, 1.165) is 0 Å². The van der Waals surface area contributed by atoms with Crippen LogP contribution in [0.1, 0.15) is 11.6 Å². The topological polar surface area (TPSA) is 102 Å². The van der Waals surface area contributed by atoms with E-state index in [4.69, 9.17) is 5.11 Å². The van der Waals surface area contributed by atoms with Gasteiger partial charge in [0, 0.05) is 6.54 Å². The van der Waals surface area contributed by atoms with Crippen molar-refractivity contribution in [2.24, 2.45) is 0 Å². The quantitative estimate of drug-likeness (QED) is 0.620. The Labute approximate surface area is 120 Å². The van der Waals surface area contributed by atoms with Gasteiger partial charge in [-0.2, -0.15) is 0 Å². The lowest BCUT2D eigenvalue weighted by atomic mass is 9.96. The molecule has 4 N–H and O–H groups in total. The Balaban J connectivity index is 1.96. The second-order valence-electron chi connectivity index (χ2n) is 4.97. The molecule has 0 aromatic heterocycles. The molecule has 2 aliphatic rings. The monoisotopic (exact) mass is 289 g/mol. The maximum absolute atomic E-state index is 12.4. The molecule has 0 spiro atoms. The molecule has 0 aliphatic carbocycles. The number of nitrogens with one attached hydrogen (secondary N) is 2. The number of aromatic hydroxyl groups is 1. The summed E-state index contributed by atoms with van der Waals surface area (Å²) in [6, 6.07) is 5.43. The maximum Gasteiger partial charge on any atom is 0.319 e. The standard InChI is InChI=1S/C14H15N3O4/c18-6-5-17-7-10-11(13(17)20)12(16-14(21)15-10)8-1-3-9(19)4-2-8/h1-4,12,18-19H,5-7H2,(H2,15,16,21)/t12-/m0/s1. The van der Waals surface area contributed by atoms with Crippen molar-refractivity contribution in [3.63, 3.8) is 0 Å². The van der Waals surface area contributed by atoms with Gasteiger partial charge in [0.1, 0.15) is 5.75 Å². The molecule has 0 fully saturated rings. The summed E-state index contributed by atoms with van der Waals surface area (Å²) in [5.74, 6) is -0.0857. The molecule has 0 radical (unpaired) electrons. The minimum Gasteiger partial charge on any atom is -0.508 e. The van der Waals surface area contributed by atoms with Crippen molar-refractivity contribution in [3.05, 3.63) is 41.1 Å². The number of carbonyl (C=O) groups is 2. The Kier molecular flexibility index (Phi) is 3.26. The van der Waals surface area contributed by atoms with Crippen LogP contribution in [0.25, 0.3) is 0 Å². The average Bonchev–Trinajstić information content (AvgIpc) is 2.76. The smallest absolute Gasteiger partial charge is 0.319 e. The second-order valence-corrected chi connectivity index (χ2v) is 4.97. The van der Waals surface area contributed by atoms with Crippen LogP contribution in [0, 0.1) is 0 Å². The van der Waals surface area contributed by atoms with Gasteiger partial charge < -0.3 is 25.7 Å². The number of phenols is 1. The SMILES string of the molecule is O=C1NC2=C(C(=O)N(CCO)C2)[C@H](c2ccc(O)cc2)N1. The number of β-amino-alcohol motifs (C(OH)–C–C–N with tert-alkyl or cyclic N) is 1. The fourth-order valence-corrected chi connectivity index (χ4v) is 2.65.